The van der Waals surface area contributed by atoms with E-state index in [0.29, 0.717) is 11.4 Å². The van der Waals surface area contributed by atoms with E-state index in [0.717, 1.165) is 10.0 Å². The first-order valence-corrected chi connectivity index (χ1v) is 8.89. The van der Waals surface area contributed by atoms with E-state index in [1.165, 1.54) is 0 Å². The number of anilines is 1. The summed E-state index contributed by atoms with van der Waals surface area (Å²) in [4.78, 5) is 23.5. The van der Waals surface area contributed by atoms with Gasteiger partial charge in [-0.05, 0) is 51.2 Å². The second-order valence-corrected chi connectivity index (χ2v) is 7.53. The Morgan fingerprint density at radius 1 is 1.04 bits per heavy atom. The molecule has 0 saturated heterocycles. The summed E-state index contributed by atoms with van der Waals surface area (Å²) in [6, 6.07) is 14.1. The summed E-state index contributed by atoms with van der Waals surface area (Å²) in [5, 5.41) is 2.59. The fourth-order valence-corrected chi connectivity index (χ4v) is 2.57. The van der Waals surface area contributed by atoms with Gasteiger partial charge in [0, 0.05) is 5.69 Å². The van der Waals surface area contributed by atoms with Crippen LogP contribution in [0.15, 0.2) is 53.0 Å². The van der Waals surface area contributed by atoms with E-state index in [1.807, 2.05) is 24.3 Å². The molecule has 0 bridgehead atoms. The number of carbonyl (C=O) groups excluding carboxylic acids is 2. The van der Waals surface area contributed by atoms with E-state index in [4.69, 9.17) is 4.74 Å². The van der Waals surface area contributed by atoms with Crippen LogP contribution in [0.1, 0.15) is 26.3 Å². The van der Waals surface area contributed by atoms with Gasteiger partial charge in [-0.25, -0.2) is 10.2 Å². The minimum absolute atomic E-state index is 0.0223. The van der Waals surface area contributed by atoms with Gasteiger partial charge in [0.05, 0.1) is 4.47 Å². The number of hydrazine groups is 1. The highest BCUT2D eigenvalue weighted by molar-refractivity contribution is 9.10. The highest BCUT2D eigenvalue weighted by atomic mass is 79.9. The molecule has 2 aromatic rings. The van der Waals surface area contributed by atoms with Crippen molar-refractivity contribution in [3.8, 4) is 5.75 Å². The second kappa shape index (κ2) is 8.71. The van der Waals surface area contributed by atoms with Gasteiger partial charge >= 0.3 is 6.03 Å². The van der Waals surface area contributed by atoms with Gasteiger partial charge in [-0.1, -0.05) is 45.0 Å². The molecule has 0 atom stereocenters. The predicted octanol–water partition coefficient (Wildman–Crippen LogP) is 3.98. The fraction of sp³-hybridized carbons (Fsp3) is 0.263. The molecule has 6 nitrogen and oxygen atoms in total. The van der Waals surface area contributed by atoms with Crippen molar-refractivity contribution in [3.63, 3.8) is 0 Å². The van der Waals surface area contributed by atoms with Gasteiger partial charge in [0.25, 0.3) is 5.91 Å². The third kappa shape index (κ3) is 6.07. The number of halogens is 1. The minimum Gasteiger partial charge on any atom is -0.483 e. The van der Waals surface area contributed by atoms with Crippen molar-refractivity contribution >= 4 is 33.6 Å². The summed E-state index contributed by atoms with van der Waals surface area (Å²) in [6.45, 7) is 6.14. The van der Waals surface area contributed by atoms with Crippen molar-refractivity contribution in [2.75, 3.05) is 11.9 Å². The smallest absolute Gasteiger partial charge is 0.337 e. The van der Waals surface area contributed by atoms with Crippen molar-refractivity contribution < 1.29 is 14.3 Å². The monoisotopic (exact) mass is 419 g/mol. The second-order valence-electron chi connectivity index (χ2n) is 6.68. The zero-order valence-electron chi connectivity index (χ0n) is 14.9. The number of benzene rings is 2. The molecule has 0 radical (unpaired) electrons. The lowest BCUT2D eigenvalue weighted by Gasteiger charge is -2.20. The van der Waals surface area contributed by atoms with Gasteiger partial charge in [-0.2, -0.15) is 0 Å². The van der Waals surface area contributed by atoms with Crippen LogP contribution in [0.2, 0.25) is 0 Å². The standard InChI is InChI=1S/C19H22BrN3O3/c1-19(2,3)13-9-10-16(15(20)11-13)26-12-17(24)22-23-18(25)21-14-7-5-4-6-8-14/h4-11H,12H2,1-3H3,(H,22,24)(H2,21,23,25). The van der Waals surface area contributed by atoms with Crippen LogP contribution in [0.5, 0.6) is 5.75 Å². The summed E-state index contributed by atoms with van der Waals surface area (Å²) in [5.41, 5.74) is 6.36. The van der Waals surface area contributed by atoms with Crippen molar-refractivity contribution in [2.24, 2.45) is 0 Å². The van der Waals surface area contributed by atoms with Gasteiger partial charge in [-0.3, -0.25) is 10.2 Å². The van der Waals surface area contributed by atoms with E-state index >= 15 is 0 Å². The predicted molar refractivity (Wildman–Crippen MR) is 105 cm³/mol. The molecule has 2 aromatic carbocycles. The summed E-state index contributed by atoms with van der Waals surface area (Å²) in [5.74, 6) is 0.0851. The number of urea groups is 1. The van der Waals surface area contributed by atoms with Crippen molar-refractivity contribution in [1.82, 2.24) is 10.9 Å². The molecule has 2 rings (SSSR count). The highest BCUT2D eigenvalue weighted by Gasteiger charge is 2.15. The van der Waals surface area contributed by atoms with Gasteiger partial charge in [0.1, 0.15) is 5.75 Å². The Bertz CT molecular complexity index is 773. The summed E-state index contributed by atoms with van der Waals surface area (Å²) in [6.07, 6.45) is 0. The largest absolute Gasteiger partial charge is 0.483 e. The molecule has 7 heteroatoms. The topological polar surface area (TPSA) is 79.5 Å². The number of hydrogen-bond donors (Lipinski definition) is 3. The molecule has 0 saturated carbocycles. The van der Waals surface area contributed by atoms with E-state index < -0.39 is 11.9 Å². The molecule has 0 aliphatic heterocycles. The number of para-hydroxylation sites is 1. The van der Waals surface area contributed by atoms with Gasteiger partial charge in [0.15, 0.2) is 6.61 Å². The number of amides is 3. The number of ether oxygens (including phenoxy) is 1. The average Bonchev–Trinajstić information content (AvgIpc) is 2.59. The Morgan fingerprint density at radius 3 is 2.35 bits per heavy atom. The summed E-state index contributed by atoms with van der Waals surface area (Å²) < 4.78 is 6.26. The highest BCUT2D eigenvalue weighted by Crippen LogP contribution is 2.31. The van der Waals surface area contributed by atoms with E-state index in [9.17, 15) is 9.59 Å². The maximum Gasteiger partial charge on any atom is 0.337 e. The normalized spacial score (nSPS) is 10.8. The lowest BCUT2D eigenvalue weighted by molar-refractivity contribution is -0.123. The molecule has 0 spiro atoms. The van der Waals surface area contributed by atoms with Crippen LogP contribution >= 0.6 is 15.9 Å². The van der Waals surface area contributed by atoms with Crippen LogP contribution in [0.25, 0.3) is 0 Å². The molecule has 26 heavy (non-hydrogen) atoms. The quantitative estimate of drug-likeness (QED) is 0.655. The molecule has 3 amide bonds. The minimum atomic E-state index is -0.541. The third-order valence-electron chi connectivity index (χ3n) is 3.50. The molecular formula is C19H22BrN3O3. The van der Waals surface area contributed by atoms with E-state index in [-0.39, 0.29) is 12.0 Å². The Morgan fingerprint density at radius 2 is 1.73 bits per heavy atom. The molecule has 0 unspecified atom stereocenters. The first kappa shape index (κ1) is 19.8. The van der Waals surface area contributed by atoms with Crippen molar-refractivity contribution in [2.45, 2.75) is 26.2 Å². The molecule has 0 fully saturated rings. The van der Waals surface area contributed by atoms with Gasteiger partial charge in [0.2, 0.25) is 0 Å². The van der Waals surface area contributed by atoms with Crippen molar-refractivity contribution in [3.05, 3.63) is 58.6 Å². The molecule has 0 aromatic heterocycles. The maximum absolute atomic E-state index is 11.8. The van der Waals surface area contributed by atoms with Crippen LogP contribution in [-0.2, 0) is 10.2 Å². The van der Waals surface area contributed by atoms with Crippen LogP contribution < -0.4 is 20.9 Å². The number of hydrogen-bond acceptors (Lipinski definition) is 3. The first-order chi connectivity index (χ1) is 12.3. The molecule has 0 heterocycles. The molecular weight excluding hydrogens is 398 g/mol. The number of rotatable bonds is 4. The Balaban J connectivity index is 1.79. The summed E-state index contributed by atoms with van der Waals surface area (Å²) >= 11 is 3.45. The lowest BCUT2D eigenvalue weighted by atomic mass is 9.87. The van der Waals surface area contributed by atoms with Crippen LogP contribution in [-0.4, -0.2) is 18.5 Å². The number of carbonyl (C=O) groups is 2. The lowest BCUT2D eigenvalue weighted by Crippen LogP contribution is -2.45. The SMILES string of the molecule is CC(C)(C)c1ccc(OCC(=O)NNC(=O)Nc2ccccc2)c(Br)c1. The molecule has 138 valence electrons. The van der Waals surface area contributed by atoms with Crippen LogP contribution in [0.4, 0.5) is 10.5 Å². The number of nitrogens with one attached hydrogen (secondary N) is 3. The maximum atomic E-state index is 11.8. The average molecular weight is 420 g/mol. The Hall–Kier alpha value is -2.54. The van der Waals surface area contributed by atoms with E-state index in [2.05, 4.69) is 52.9 Å². The molecule has 0 aliphatic rings. The Kier molecular flexibility index (Phi) is 6.63. The van der Waals surface area contributed by atoms with Gasteiger partial charge in [-0.15, -0.1) is 0 Å². The van der Waals surface area contributed by atoms with E-state index in [1.54, 1.807) is 24.3 Å². The Labute approximate surface area is 161 Å². The van der Waals surface area contributed by atoms with Crippen LogP contribution in [0.3, 0.4) is 0 Å². The fourth-order valence-electron chi connectivity index (χ4n) is 2.07. The zero-order chi connectivity index (χ0) is 19.2. The molecule has 3 N–H and O–H groups in total. The first-order valence-electron chi connectivity index (χ1n) is 8.09. The van der Waals surface area contributed by atoms with Crippen LogP contribution in [0, 0.1) is 0 Å². The molecule has 0 aliphatic carbocycles. The summed E-state index contributed by atoms with van der Waals surface area (Å²) in [7, 11) is 0. The zero-order valence-corrected chi connectivity index (χ0v) is 16.5. The third-order valence-corrected chi connectivity index (χ3v) is 4.12. The van der Waals surface area contributed by atoms with Gasteiger partial charge < -0.3 is 10.1 Å². The van der Waals surface area contributed by atoms with Crippen molar-refractivity contribution in [1.29, 1.82) is 0 Å².